The number of allylic oxidation sites excluding steroid dienone is 2. The molecule has 2 rings (SSSR count). The molecule has 0 saturated heterocycles. The number of carboxylic acids is 1. The highest BCUT2D eigenvalue weighted by molar-refractivity contribution is 7.16. The van der Waals surface area contributed by atoms with Gasteiger partial charge in [0.1, 0.15) is 5.00 Å². The molecular weight excluding hydrogens is 342 g/mol. The standard InChI is InChI=1S/C18H23NO5S/c1-4-24-18(23)13-9-14(10(2)3)25-16(13)19-15(20)11-7-5-6-8-12(11)17(21)22/h5-6,9-12H,4,7-8H2,1-3H3,(H,19,20)(H,21,22)/t11-,12+/m1/s1. The van der Waals surface area contributed by atoms with Gasteiger partial charge in [0, 0.05) is 4.88 Å². The van der Waals surface area contributed by atoms with E-state index in [1.807, 2.05) is 19.9 Å². The highest BCUT2D eigenvalue weighted by Gasteiger charge is 2.34. The first-order valence-electron chi connectivity index (χ1n) is 8.34. The van der Waals surface area contributed by atoms with Crippen LogP contribution in [0.4, 0.5) is 5.00 Å². The van der Waals surface area contributed by atoms with Crippen LogP contribution in [0.3, 0.4) is 0 Å². The van der Waals surface area contributed by atoms with Gasteiger partial charge >= 0.3 is 11.9 Å². The summed E-state index contributed by atoms with van der Waals surface area (Å²) in [4.78, 5) is 37.1. The van der Waals surface area contributed by atoms with Crippen molar-refractivity contribution in [1.82, 2.24) is 0 Å². The van der Waals surface area contributed by atoms with Gasteiger partial charge in [-0.25, -0.2) is 4.79 Å². The van der Waals surface area contributed by atoms with Crippen LogP contribution in [-0.4, -0.2) is 29.6 Å². The minimum Gasteiger partial charge on any atom is -0.481 e. The molecule has 0 aliphatic heterocycles. The van der Waals surface area contributed by atoms with Gasteiger partial charge in [0.15, 0.2) is 0 Å². The molecule has 0 radical (unpaired) electrons. The Hall–Kier alpha value is -2.15. The average molecular weight is 365 g/mol. The van der Waals surface area contributed by atoms with Crippen LogP contribution in [-0.2, 0) is 14.3 Å². The van der Waals surface area contributed by atoms with Gasteiger partial charge in [-0.3, -0.25) is 9.59 Å². The molecular formula is C18H23NO5S. The van der Waals surface area contributed by atoms with E-state index in [9.17, 15) is 19.5 Å². The second kappa shape index (κ2) is 8.29. The van der Waals surface area contributed by atoms with Crippen molar-refractivity contribution in [2.45, 2.75) is 39.5 Å². The number of hydrogen-bond acceptors (Lipinski definition) is 5. The fourth-order valence-electron chi connectivity index (χ4n) is 2.73. The maximum atomic E-state index is 12.6. The summed E-state index contributed by atoms with van der Waals surface area (Å²) in [6, 6.07) is 1.73. The number of amides is 1. The third-order valence-corrected chi connectivity index (χ3v) is 5.49. The van der Waals surface area contributed by atoms with Crippen molar-refractivity contribution in [3.63, 3.8) is 0 Å². The summed E-state index contributed by atoms with van der Waals surface area (Å²) in [5.41, 5.74) is 0.321. The molecule has 1 heterocycles. The molecule has 0 saturated carbocycles. The maximum Gasteiger partial charge on any atom is 0.341 e. The molecule has 6 nitrogen and oxygen atoms in total. The summed E-state index contributed by atoms with van der Waals surface area (Å²) >= 11 is 1.33. The Kier molecular flexibility index (Phi) is 6.36. The number of carbonyl (C=O) groups is 3. The first kappa shape index (κ1) is 19.2. The number of thiophene rings is 1. The number of esters is 1. The highest BCUT2D eigenvalue weighted by atomic mass is 32.1. The third-order valence-electron chi connectivity index (χ3n) is 4.14. The molecule has 0 bridgehead atoms. The van der Waals surface area contributed by atoms with Crippen LogP contribution < -0.4 is 5.32 Å². The van der Waals surface area contributed by atoms with E-state index in [-0.39, 0.29) is 18.4 Å². The summed E-state index contributed by atoms with van der Waals surface area (Å²) in [5, 5.41) is 12.5. The second-order valence-corrected chi connectivity index (χ2v) is 7.33. The maximum absolute atomic E-state index is 12.6. The van der Waals surface area contributed by atoms with Gasteiger partial charge in [0.25, 0.3) is 0 Å². The lowest BCUT2D eigenvalue weighted by Crippen LogP contribution is -2.34. The van der Waals surface area contributed by atoms with E-state index in [1.165, 1.54) is 11.3 Å². The SMILES string of the molecule is CCOC(=O)c1cc(C(C)C)sc1NC(=O)[C@@H]1CC=CC[C@@H]1C(=O)O. The summed E-state index contributed by atoms with van der Waals surface area (Å²) in [5.74, 6) is -3.04. The Balaban J connectivity index is 2.25. The summed E-state index contributed by atoms with van der Waals surface area (Å²) in [7, 11) is 0. The Bertz CT molecular complexity index is 692. The van der Waals surface area contributed by atoms with Crippen LogP contribution in [0.2, 0.25) is 0 Å². The zero-order valence-corrected chi connectivity index (χ0v) is 15.4. The molecule has 0 spiro atoms. The van der Waals surface area contributed by atoms with Gasteiger partial charge in [0.05, 0.1) is 24.0 Å². The number of carboxylic acid groups (broad SMARTS) is 1. The van der Waals surface area contributed by atoms with Gasteiger partial charge in [-0.15, -0.1) is 11.3 Å². The van der Waals surface area contributed by atoms with E-state index in [0.717, 1.165) is 4.88 Å². The molecule has 1 aromatic rings. The molecule has 0 aromatic carbocycles. The molecule has 2 atom stereocenters. The van der Waals surface area contributed by atoms with Gasteiger partial charge in [0.2, 0.25) is 5.91 Å². The number of ether oxygens (including phenoxy) is 1. The van der Waals surface area contributed by atoms with Crippen molar-refractivity contribution in [3.8, 4) is 0 Å². The Morgan fingerprint density at radius 2 is 1.92 bits per heavy atom. The average Bonchev–Trinajstić information content (AvgIpc) is 2.99. The lowest BCUT2D eigenvalue weighted by Gasteiger charge is -2.24. The van der Waals surface area contributed by atoms with E-state index in [4.69, 9.17) is 4.74 Å². The van der Waals surface area contributed by atoms with Crippen LogP contribution in [0.15, 0.2) is 18.2 Å². The summed E-state index contributed by atoms with van der Waals surface area (Å²) in [6.45, 7) is 5.96. The Morgan fingerprint density at radius 3 is 2.48 bits per heavy atom. The molecule has 2 N–H and O–H groups in total. The molecule has 7 heteroatoms. The molecule has 0 fully saturated rings. The van der Waals surface area contributed by atoms with Gasteiger partial charge in [-0.05, 0) is 31.7 Å². The molecule has 25 heavy (non-hydrogen) atoms. The molecule has 136 valence electrons. The smallest absolute Gasteiger partial charge is 0.341 e. The lowest BCUT2D eigenvalue weighted by atomic mass is 9.82. The predicted octanol–water partition coefficient (Wildman–Crippen LogP) is 3.65. The van der Waals surface area contributed by atoms with Crippen molar-refractivity contribution in [3.05, 3.63) is 28.7 Å². The first-order valence-corrected chi connectivity index (χ1v) is 9.16. The number of rotatable bonds is 6. The molecule has 1 aromatic heterocycles. The van der Waals surface area contributed by atoms with E-state index in [1.54, 1.807) is 19.1 Å². The number of aliphatic carboxylic acids is 1. The topological polar surface area (TPSA) is 92.7 Å². The molecule has 0 unspecified atom stereocenters. The minimum absolute atomic E-state index is 0.202. The monoisotopic (exact) mass is 365 g/mol. The van der Waals surface area contributed by atoms with Gasteiger partial charge < -0.3 is 15.2 Å². The second-order valence-electron chi connectivity index (χ2n) is 6.25. The van der Waals surface area contributed by atoms with Gasteiger partial charge in [-0.2, -0.15) is 0 Å². The quantitative estimate of drug-likeness (QED) is 0.593. The van der Waals surface area contributed by atoms with Crippen molar-refractivity contribution >= 4 is 34.2 Å². The molecule has 1 amide bonds. The van der Waals surface area contributed by atoms with E-state index < -0.39 is 23.8 Å². The lowest BCUT2D eigenvalue weighted by molar-refractivity contribution is -0.146. The van der Waals surface area contributed by atoms with Crippen molar-refractivity contribution in [2.75, 3.05) is 11.9 Å². The van der Waals surface area contributed by atoms with E-state index in [0.29, 0.717) is 23.4 Å². The Labute approximate surface area is 150 Å². The zero-order valence-electron chi connectivity index (χ0n) is 14.6. The van der Waals surface area contributed by atoms with Gasteiger partial charge in [-0.1, -0.05) is 26.0 Å². The predicted molar refractivity (Wildman–Crippen MR) is 96.0 cm³/mol. The third kappa shape index (κ3) is 4.48. The number of hydrogen-bond donors (Lipinski definition) is 2. The van der Waals surface area contributed by atoms with E-state index in [2.05, 4.69) is 5.32 Å². The fourth-order valence-corrected chi connectivity index (χ4v) is 3.78. The van der Waals surface area contributed by atoms with Crippen LogP contribution in [0, 0.1) is 11.8 Å². The summed E-state index contributed by atoms with van der Waals surface area (Å²) < 4.78 is 5.06. The number of nitrogens with one attached hydrogen (secondary N) is 1. The fraction of sp³-hybridized carbons (Fsp3) is 0.500. The van der Waals surface area contributed by atoms with Crippen molar-refractivity contribution < 1.29 is 24.2 Å². The van der Waals surface area contributed by atoms with Crippen LogP contribution >= 0.6 is 11.3 Å². The van der Waals surface area contributed by atoms with Crippen LogP contribution in [0.5, 0.6) is 0 Å². The molecule has 1 aliphatic rings. The zero-order chi connectivity index (χ0) is 18.6. The first-order chi connectivity index (χ1) is 11.8. The van der Waals surface area contributed by atoms with Crippen molar-refractivity contribution in [1.29, 1.82) is 0 Å². The van der Waals surface area contributed by atoms with Crippen LogP contribution in [0.25, 0.3) is 0 Å². The normalized spacial score (nSPS) is 19.7. The largest absolute Gasteiger partial charge is 0.481 e. The minimum atomic E-state index is -0.982. The highest BCUT2D eigenvalue weighted by Crippen LogP contribution is 2.35. The van der Waals surface area contributed by atoms with E-state index >= 15 is 0 Å². The van der Waals surface area contributed by atoms with Crippen LogP contribution in [0.1, 0.15) is 54.8 Å². The van der Waals surface area contributed by atoms with Crippen molar-refractivity contribution in [2.24, 2.45) is 11.8 Å². The number of anilines is 1. The summed E-state index contributed by atoms with van der Waals surface area (Å²) in [6.07, 6.45) is 4.32. The Morgan fingerprint density at radius 1 is 1.28 bits per heavy atom. The molecule has 1 aliphatic carbocycles. The number of carbonyl (C=O) groups excluding carboxylic acids is 2.